The maximum absolute atomic E-state index is 12.8. The molecule has 2 atom stereocenters. The smallest absolute Gasteiger partial charge is 0.410 e. The lowest BCUT2D eigenvalue weighted by molar-refractivity contribution is 0.0254. The molecule has 3 aromatic rings. The van der Waals surface area contributed by atoms with Crippen molar-refractivity contribution in [1.82, 2.24) is 14.4 Å². The number of rotatable bonds is 6. The summed E-state index contributed by atoms with van der Waals surface area (Å²) in [7, 11) is 0. The van der Waals surface area contributed by atoms with E-state index in [0.29, 0.717) is 19.3 Å². The predicted molar refractivity (Wildman–Crippen MR) is 203 cm³/mol. The molecule has 0 aliphatic carbocycles. The van der Waals surface area contributed by atoms with Crippen molar-refractivity contribution in [2.45, 2.75) is 103 Å². The summed E-state index contributed by atoms with van der Waals surface area (Å²) in [5.41, 5.74) is 7.51. The molecule has 2 amide bonds. The van der Waals surface area contributed by atoms with Crippen LogP contribution in [0.1, 0.15) is 92.6 Å². The van der Waals surface area contributed by atoms with E-state index >= 15 is 0 Å². The van der Waals surface area contributed by atoms with Gasteiger partial charge in [-0.2, -0.15) is 0 Å². The predicted octanol–water partition coefficient (Wildman–Crippen LogP) is 9.31. The van der Waals surface area contributed by atoms with Crippen LogP contribution in [0.15, 0.2) is 89.1 Å². The Bertz CT molecular complexity index is 1830. The monoisotopic (exact) mass is 688 g/mol. The standard InChI is InChI=1S/C42H49N5O4/c1-41(2,3)50-39(48)46-24-7-9-37(46)35-21-19-33(43-35)29-13-11-28(12-14-29)31-23-26-45(27-31)32-17-15-30(16-18-32)34-20-22-36(44-34)38-10-8-25-47(38)40(49)51-42(4,5)6/h11-20,23,26-27,37-38H,7-10,21-22,24-25H2,1-6H3/i27D. The van der Waals surface area contributed by atoms with Crippen LogP contribution in [0.25, 0.3) is 28.2 Å². The molecule has 9 nitrogen and oxygen atoms in total. The number of allylic oxidation sites excluding steroid dienone is 2. The van der Waals surface area contributed by atoms with E-state index < -0.39 is 11.2 Å². The molecule has 0 radical (unpaired) electrons. The Balaban J connectivity index is 1.00. The van der Waals surface area contributed by atoms with E-state index in [1.807, 2.05) is 105 Å². The van der Waals surface area contributed by atoms with Crippen LogP contribution >= 0.6 is 0 Å². The van der Waals surface area contributed by atoms with Crippen molar-refractivity contribution in [3.63, 3.8) is 0 Å². The first kappa shape index (κ1) is 33.2. The van der Waals surface area contributed by atoms with Crippen molar-refractivity contribution in [2.24, 2.45) is 9.98 Å². The van der Waals surface area contributed by atoms with Gasteiger partial charge in [-0.3, -0.25) is 19.8 Å². The molecule has 1 aromatic heterocycles. The molecule has 2 saturated heterocycles. The van der Waals surface area contributed by atoms with Crippen LogP contribution in [0.5, 0.6) is 0 Å². The van der Waals surface area contributed by atoms with Crippen molar-refractivity contribution in [3.8, 4) is 16.8 Å². The second kappa shape index (κ2) is 13.7. The molecule has 51 heavy (non-hydrogen) atoms. The fourth-order valence-corrected chi connectivity index (χ4v) is 7.26. The summed E-state index contributed by atoms with van der Waals surface area (Å²) < 4.78 is 22.2. The van der Waals surface area contributed by atoms with Crippen molar-refractivity contribution in [3.05, 3.63) is 90.2 Å². The molecule has 0 N–H and O–H groups in total. The van der Waals surface area contributed by atoms with Gasteiger partial charge in [0.15, 0.2) is 0 Å². The number of nitrogens with zero attached hydrogens (tertiary/aromatic N) is 5. The first-order valence-corrected chi connectivity index (χ1v) is 18.2. The number of carbonyl (C=O) groups is 2. The highest BCUT2D eigenvalue weighted by Crippen LogP contribution is 2.33. The average Bonchev–Trinajstić information content (AvgIpc) is 3.93. The fourth-order valence-electron chi connectivity index (χ4n) is 7.26. The van der Waals surface area contributed by atoms with Crippen LogP contribution in [-0.4, -0.2) is 74.4 Å². The van der Waals surface area contributed by atoms with E-state index in [1.54, 1.807) is 0 Å². The lowest BCUT2D eigenvalue weighted by Crippen LogP contribution is -2.43. The summed E-state index contributed by atoms with van der Waals surface area (Å²) in [5.74, 6) is 0. The second-order valence-electron chi connectivity index (χ2n) is 15.8. The molecule has 2 unspecified atom stereocenters. The van der Waals surface area contributed by atoms with E-state index in [1.165, 1.54) is 0 Å². The number of carbonyl (C=O) groups excluding carboxylic acids is 2. The Hall–Kier alpha value is -4.92. The zero-order valence-corrected chi connectivity index (χ0v) is 30.6. The quantitative estimate of drug-likeness (QED) is 0.258. The number of aromatic nitrogens is 1. The maximum Gasteiger partial charge on any atom is 0.410 e. The van der Waals surface area contributed by atoms with Gasteiger partial charge in [0.1, 0.15) is 11.2 Å². The van der Waals surface area contributed by atoms with Crippen LogP contribution in [0.2, 0.25) is 0 Å². The summed E-state index contributed by atoms with van der Waals surface area (Å²) in [6.07, 6.45) is 11.2. The highest BCUT2D eigenvalue weighted by molar-refractivity contribution is 6.01. The first-order chi connectivity index (χ1) is 24.7. The van der Waals surface area contributed by atoms with E-state index in [4.69, 9.17) is 20.8 Å². The average molecular weight is 689 g/mol. The number of benzene rings is 2. The molecule has 4 aliphatic heterocycles. The zero-order valence-electron chi connectivity index (χ0n) is 31.6. The minimum absolute atomic E-state index is 0.0311. The van der Waals surface area contributed by atoms with Gasteiger partial charge in [0, 0.05) is 55.4 Å². The SMILES string of the molecule is [2H]c1c(-c2ccc(C3=CCC(C4CCCN4C(=O)OC(C)(C)C)=N3)cc2)ccn1-c1ccc(C2=CCC(C3CCCN3C(=O)OC(C)(C)C)=N2)cc1. The molecule has 0 bridgehead atoms. The van der Waals surface area contributed by atoms with Gasteiger partial charge in [-0.25, -0.2) is 9.59 Å². The van der Waals surface area contributed by atoms with Crippen LogP contribution in [0, 0.1) is 0 Å². The van der Waals surface area contributed by atoms with Crippen molar-refractivity contribution in [2.75, 3.05) is 13.1 Å². The van der Waals surface area contributed by atoms with Crippen molar-refractivity contribution >= 4 is 35.0 Å². The van der Waals surface area contributed by atoms with Gasteiger partial charge in [0.2, 0.25) is 0 Å². The van der Waals surface area contributed by atoms with Crippen LogP contribution in [0.3, 0.4) is 0 Å². The number of hydrogen-bond donors (Lipinski definition) is 0. The summed E-state index contributed by atoms with van der Waals surface area (Å²) in [6.45, 7) is 12.7. The molecule has 2 aromatic carbocycles. The molecule has 2 fully saturated rings. The molecule has 4 aliphatic rings. The molecular formula is C42H49N5O4. The van der Waals surface area contributed by atoms with Crippen molar-refractivity contribution in [1.29, 1.82) is 0 Å². The summed E-state index contributed by atoms with van der Waals surface area (Å²) >= 11 is 0. The molecule has 7 rings (SSSR count). The summed E-state index contributed by atoms with van der Waals surface area (Å²) in [6, 6.07) is 18.3. The minimum Gasteiger partial charge on any atom is -0.444 e. The van der Waals surface area contributed by atoms with Gasteiger partial charge in [-0.15, -0.1) is 0 Å². The first-order valence-electron chi connectivity index (χ1n) is 18.7. The third kappa shape index (κ3) is 7.72. The number of likely N-dealkylation sites (tertiary alicyclic amines) is 2. The number of hydrogen-bond acceptors (Lipinski definition) is 6. The van der Waals surface area contributed by atoms with Gasteiger partial charge in [0.25, 0.3) is 0 Å². The van der Waals surface area contributed by atoms with Crippen molar-refractivity contribution < 1.29 is 20.4 Å². The van der Waals surface area contributed by atoms with E-state index in [0.717, 1.165) is 89.3 Å². The third-order valence-electron chi connectivity index (χ3n) is 9.63. The van der Waals surface area contributed by atoms with Gasteiger partial charge >= 0.3 is 12.2 Å². The Morgan fingerprint density at radius 2 is 1.12 bits per heavy atom. The number of ether oxygens (including phenoxy) is 2. The summed E-state index contributed by atoms with van der Waals surface area (Å²) in [5, 5.41) is 0. The Labute approximate surface area is 302 Å². The van der Waals surface area contributed by atoms with Gasteiger partial charge < -0.3 is 14.0 Å². The minimum atomic E-state index is -0.532. The van der Waals surface area contributed by atoms with E-state index in [2.05, 4.69) is 24.3 Å². The third-order valence-corrected chi connectivity index (χ3v) is 9.63. The van der Waals surface area contributed by atoms with E-state index in [-0.39, 0.29) is 24.3 Å². The van der Waals surface area contributed by atoms with Crippen LogP contribution in [-0.2, 0) is 9.47 Å². The van der Waals surface area contributed by atoms with Gasteiger partial charge in [0.05, 0.1) is 24.8 Å². The fraction of sp³-hybridized carbons (Fsp3) is 0.429. The molecule has 266 valence electrons. The molecule has 0 spiro atoms. The number of amides is 2. The normalized spacial score (nSPS) is 20.9. The Morgan fingerprint density at radius 3 is 1.59 bits per heavy atom. The molecule has 9 heteroatoms. The van der Waals surface area contributed by atoms with Crippen LogP contribution in [0.4, 0.5) is 9.59 Å². The molecular weight excluding hydrogens is 638 g/mol. The summed E-state index contributed by atoms with van der Waals surface area (Å²) in [4.78, 5) is 39.3. The highest BCUT2D eigenvalue weighted by atomic mass is 16.6. The second-order valence-corrected chi connectivity index (χ2v) is 15.8. The van der Waals surface area contributed by atoms with Crippen LogP contribution < -0.4 is 0 Å². The zero-order chi connectivity index (χ0) is 36.8. The largest absolute Gasteiger partial charge is 0.444 e. The molecule has 0 saturated carbocycles. The maximum atomic E-state index is 12.8. The topological polar surface area (TPSA) is 88.7 Å². The number of aliphatic imine (C=N–C) groups is 2. The lowest BCUT2D eigenvalue weighted by Gasteiger charge is -2.28. The highest BCUT2D eigenvalue weighted by Gasteiger charge is 2.37. The Morgan fingerprint density at radius 1 is 0.667 bits per heavy atom. The molecule has 5 heterocycles. The van der Waals surface area contributed by atoms with Gasteiger partial charge in [-0.1, -0.05) is 48.6 Å². The van der Waals surface area contributed by atoms with E-state index in [9.17, 15) is 9.59 Å². The van der Waals surface area contributed by atoms with Gasteiger partial charge in [-0.05, 0) is 108 Å². The Kier molecular flexibility index (Phi) is 8.90. The lowest BCUT2D eigenvalue weighted by atomic mass is 10.1.